The standard InChI is InChI=1S/C23H26F3N3O2/c1-13(2)10-20(16-6-5-7-17(11-16)23(24,25)26)29-21(30)9-8-18-14(3)19(12-27)22(31)28-15(18)4/h5-7,11,13,20H,8-10H2,1-4H3,(H,28,31)(H,29,30). The van der Waals surface area contributed by atoms with Gasteiger partial charge in [-0.3, -0.25) is 9.59 Å². The Morgan fingerprint density at radius 1 is 1.26 bits per heavy atom. The van der Waals surface area contributed by atoms with Crippen LogP contribution in [0.1, 0.15) is 66.2 Å². The second kappa shape index (κ2) is 9.82. The van der Waals surface area contributed by atoms with Crippen molar-refractivity contribution in [2.24, 2.45) is 5.92 Å². The van der Waals surface area contributed by atoms with E-state index in [1.165, 1.54) is 6.07 Å². The Balaban J connectivity index is 2.20. The van der Waals surface area contributed by atoms with E-state index in [1.54, 1.807) is 19.9 Å². The smallest absolute Gasteiger partial charge is 0.349 e. The number of aryl methyl sites for hydroxylation is 1. The van der Waals surface area contributed by atoms with Gasteiger partial charge in [-0.1, -0.05) is 26.0 Å². The van der Waals surface area contributed by atoms with E-state index in [0.717, 1.165) is 12.1 Å². The summed E-state index contributed by atoms with van der Waals surface area (Å²) in [6.07, 6.45) is -3.60. The molecule has 166 valence electrons. The van der Waals surface area contributed by atoms with E-state index in [1.807, 2.05) is 19.9 Å². The lowest BCUT2D eigenvalue weighted by Gasteiger charge is -2.22. The summed E-state index contributed by atoms with van der Waals surface area (Å²) >= 11 is 0. The van der Waals surface area contributed by atoms with Gasteiger partial charge >= 0.3 is 6.18 Å². The molecule has 1 heterocycles. The zero-order chi connectivity index (χ0) is 23.3. The molecule has 1 atom stereocenters. The molecule has 0 aliphatic carbocycles. The highest BCUT2D eigenvalue weighted by molar-refractivity contribution is 5.76. The van der Waals surface area contributed by atoms with Crippen molar-refractivity contribution in [2.75, 3.05) is 0 Å². The first-order valence-corrected chi connectivity index (χ1v) is 10.0. The molecule has 0 fully saturated rings. The van der Waals surface area contributed by atoms with E-state index in [4.69, 9.17) is 0 Å². The molecule has 0 bridgehead atoms. The number of nitrogens with one attached hydrogen (secondary N) is 2. The van der Waals surface area contributed by atoms with Crippen molar-refractivity contribution in [3.63, 3.8) is 0 Å². The summed E-state index contributed by atoms with van der Waals surface area (Å²) in [6.45, 7) is 7.23. The average molecular weight is 433 g/mol. The predicted octanol–water partition coefficient (Wildman–Crippen LogP) is 4.72. The highest BCUT2D eigenvalue weighted by Crippen LogP contribution is 2.32. The van der Waals surface area contributed by atoms with E-state index >= 15 is 0 Å². The number of hydrogen-bond acceptors (Lipinski definition) is 3. The largest absolute Gasteiger partial charge is 0.416 e. The maximum Gasteiger partial charge on any atom is 0.416 e. The fourth-order valence-electron chi connectivity index (χ4n) is 3.61. The molecule has 8 heteroatoms. The number of alkyl halides is 3. The number of carbonyl (C=O) groups excluding carboxylic acids is 1. The summed E-state index contributed by atoms with van der Waals surface area (Å²) < 4.78 is 39.3. The zero-order valence-corrected chi connectivity index (χ0v) is 18.0. The minimum atomic E-state index is -4.46. The van der Waals surface area contributed by atoms with Crippen LogP contribution in [0.5, 0.6) is 0 Å². The molecule has 31 heavy (non-hydrogen) atoms. The average Bonchev–Trinajstić information content (AvgIpc) is 2.66. The van der Waals surface area contributed by atoms with Gasteiger partial charge in [0.05, 0.1) is 11.6 Å². The van der Waals surface area contributed by atoms with Crippen LogP contribution in [0.3, 0.4) is 0 Å². The monoisotopic (exact) mass is 433 g/mol. The quantitative estimate of drug-likeness (QED) is 0.663. The molecule has 1 aromatic carbocycles. The van der Waals surface area contributed by atoms with Gasteiger partial charge in [0.25, 0.3) is 5.56 Å². The van der Waals surface area contributed by atoms with Gasteiger partial charge in [-0.25, -0.2) is 0 Å². The van der Waals surface area contributed by atoms with Crippen LogP contribution in [0.4, 0.5) is 13.2 Å². The summed E-state index contributed by atoms with van der Waals surface area (Å²) in [6, 6.07) is 6.32. The molecule has 1 unspecified atom stereocenters. The molecular weight excluding hydrogens is 407 g/mol. The van der Waals surface area contributed by atoms with Crippen LogP contribution >= 0.6 is 0 Å². The number of nitriles is 1. The van der Waals surface area contributed by atoms with Crippen LogP contribution in [-0.2, 0) is 17.4 Å². The second-order valence-corrected chi connectivity index (χ2v) is 8.04. The van der Waals surface area contributed by atoms with E-state index in [-0.39, 0.29) is 23.8 Å². The molecule has 1 aromatic heterocycles. The van der Waals surface area contributed by atoms with Crippen LogP contribution < -0.4 is 10.9 Å². The summed E-state index contributed by atoms with van der Waals surface area (Å²) in [7, 11) is 0. The van der Waals surface area contributed by atoms with Gasteiger partial charge in [-0.15, -0.1) is 0 Å². The number of hydrogen-bond donors (Lipinski definition) is 2. The van der Waals surface area contributed by atoms with Crippen molar-refractivity contribution in [1.29, 1.82) is 5.26 Å². The minimum Gasteiger partial charge on any atom is -0.349 e. The Morgan fingerprint density at radius 3 is 2.52 bits per heavy atom. The van der Waals surface area contributed by atoms with E-state index in [0.29, 0.717) is 35.2 Å². The summed E-state index contributed by atoms with van der Waals surface area (Å²) in [4.78, 5) is 27.1. The van der Waals surface area contributed by atoms with E-state index in [2.05, 4.69) is 10.3 Å². The van der Waals surface area contributed by atoms with E-state index in [9.17, 15) is 28.0 Å². The zero-order valence-electron chi connectivity index (χ0n) is 18.0. The number of H-pyrrole nitrogens is 1. The third kappa shape index (κ3) is 6.20. The molecule has 0 aliphatic rings. The molecule has 0 aliphatic heterocycles. The van der Waals surface area contributed by atoms with Crippen LogP contribution in [0, 0.1) is 31.1 Å². The van der Waals surface area contributed by atoms with Crippen LogP contribution in [0.2, 0.25) is 0 Å². The summed E-state index contributed by atoms with van der Waals surface area (Å²) in [5.74, 6) is -0.159. The molecule has 1 amide bonds. The third-order valence-electron chi connectivity index (χ3n) is 5.18. The Morgan fingerprint density at radius 2 is 1.94 bits per heavy atom. The topological polar surface area (TPSA) is 85.8 Å². The van der Waals surface area contributed by atoms with Crippen molar-refractivity contribution in [1.82, 2.24) is 10.3 Å². The molecular formula is C23H26F3N3O2. The van der Waals surface area contributed by atoms with Crippen LogP contribution in [-0.4, -0.2) is 10.9 Å². The van der Waals surface area contributed by atoms with Gasteiger partial charge in [-0.05, 0) is 61.4 Å². The number of nitrogens with zero attached hydrogens (tertiary/aromatic N) is 1. The maximum absolute atomic E-state index is 13.1. The SMILES string of the molecule is Cc1[nH]c(=O)c(C#N)c(C)c1CCC(=O)NC(CC(C)C)c1cccc(C(F)(F)F)c1. The molecule has 0 spiro atoms. The third-order valence-corrected chi connectivity index (χ3v) is 5.18. The molecule has 2 rings (SSSR count). The van der Waals surface area contributed by atoms with Crippen LogP contribution in [0.15, 0.2) is 29.1 Å². The van der Waals surface area contributed by atoms with Gasteiger partial charge in [0.15, 0.2) is 0 Å². The maximum atomic E-state index is 13.1. The van der Waals surface area contributed by atoms with Gasteiger partial charge in [0.1, 0.15) is 11.6 Å². The number of aromatic nitrogens is 1. The van der Waals surface area contributed by atoms with Crippen molar-refractivity contribution >= 4 is 5.91 Å². The Hall–Kier alpha value is -3.08. The minimum absolute atomic E-state index is 0.0164. The van der Waals surface area contributed by atoms with Gasteiger partial charge < -0.3 is 10.3 Å². The number of amides is 1. The molecule has 2 aromatic rings. The predicted molar refractivity (Wildman–Crippen MR) is 111 cm³/mol. The van der Waals surface area contributed by atoms with Crippen molar-refractivity contribution in [2.45, 2.75) is 59.2 Å². The summed E-state index contributed by atoms with van der Waals surface area (Å²) in [5, 5.41) is 12.0. The number of pyridine rings is 1. The molecule has 0 saturated carbocycles. The van der Waals surface area contributed by atoms with Crippen LogP contribution in [0.25, 0.3) is 0 Å². The van der Waals surface area contributed by atoms with Gasteiger partial charge in [0, 0.05) is 12.1 Å². The normalized spacial score (nSPS) is 12.5. The lowest BCUT2D eigenvalue weighted by molar-refractivity contribution is -0.137. The highest BCUT2D eigenvalue weighted by atomic mass is 19.4. The number of benzene rings is 1. The molecule has 5 nitrogen and oxygen atoms in total. The highest BCUT2D eigenvalue weighted by Gasteiger charge is 2.31. The molecule has 2 N–H and O–H groups in total. The molecule has 0 radical (unpaired) electrons. The molecule has 0 saturated heterocycles. The number of rotatable bonds is 7. The lowest BCUT2D eigenvalue weighted by Crippen LogP contribution is -2.30. The second-order valence-electron chi connectivity index (χ2n) is 8.04. The number of halogens is 3. The van der Waals surface area contributed by atoms with Crippen molar-refractivity contribution < 1.29 is 18.0 Å². The van der Waals surface area contributed by atoms with Crippen molar-refractivity contribution in [3.8, 4) is 6.07 Å². The lowest BCUT2D eigenvalue weighted by atomic mass is 9.95. The number of aromatic amines is 1. The van der Waals surface area contributed by atoms with E-state index < -0.39 is 23.3 Å². The Kier molecular flexibility index (Phi) is 7.66. The number of carbonyl (C=O) groups is 1. The Bertz CT molecular complexity index is 1050. The van der Waals surface area contributed by atoms with Crippen molar-refractivity contribution in [3.05, 3.63) is 68.1 Å². The fraction of sp³-hybridized carbons (Fsp3) is 0.435. The van der Waals surface area contributed by atoms with Gasteiger partial charge in [0.2, 0.25) is 5.91 Å². The first-order chi connectivity index (χ1) is 14.4. The Labute approximate surface area is 179 Å². The van der Waals surface area contributed by atoms with Gasteiger partial charge in [-0.2, -0.15) is 18.4 Å². The first-order valence-electron chi connectivity index (χ1n) is 10.0. The summed E-state index contributed by atoms with van der Waals surface area (Å²) in [5.41, 5.74) is 1.04. The fourth-order valence-corrected chi connectivity index (χ4v) is 3.61. The first kappa shape index (κ1) is 24.2.